The van der Waals surface area contributed by atoms with Gasteiger partial charge in [0.05, 0.1) is 5.56 Å². The summed E-state index contributed by atoms with van der Waals surface area (Å²) in [6, 6.07) is 1.31. The van der Waals surface area contributed by atoms with E-state index in [1.165, 1.54) is 18.5 Å². The van der Waals surface area contributed by atoms with E-state index in [0.717, 1.165) is 4.68 Å². The van der Waals surface area contributed by atoms with Crippen LogP contribution >= 0.6 is 0 Å². The van der Waals surface area contributed by atoms with E-state index in [0.29, 0.717) is 0 Å². The number of carbonyl (C=O) groups is 1. The topological polar surface area (TPSA) is 114 Å². The highest BCUT2D eigenvalue weighted by atomic mass is 16.4. The number of rotatable bonds is 3. The van der Waals surface area contributed by atoms with E-state index in [1.807, 2.05) is 0 Å². The van der Waals surface area contributed by atoms with Crippen molar-refractivity contribution in [3.63, 3.8) is 0 Å². The molecule has 8 heteroatoms. The van der Waals surface area contributed by atoms with Crippen molar-refractivity contribution < 1.29 is 9.90 Å². The monoisotopic (exact) mass is 221 g/mol. The zero-order chi connectivity index (χ0) is 11.5. The molecule has 16 heavy (non-hydrogen) atoms. The molecule has 2 aromatic heterocycles. The Hall–Kier alpha value is -2.51. The molecule has 0 aliphatic carbocycles. The van der Waals surface area contributed by atoms with Gasteiger partial charge in [0.15, 0.2) is 11.3 Å². The van der Waals surface area contributed by atoms with Gasteiger partial charge in [0.1, 0.15) is 6.54 Å². The molecule has 2 aromatic rings. The number of nitrogens with zero attached hydrogens (tertiary/aromatic N) is 4. The Morgan fingerprint density at radius 2 is 2.38 bits per heavy atom. The summed E-state index contributed by atoms with van der Waals surface area (Å²) in [6.45, 7) is -0.392. The Kier molecular flexibility index (Phi) is 2.46. The van der Waals surface area contributed by atoms with Crippen LogP contribution < -0.4 is 5.43 Å². The van der Waals surface area contributed by atoms with E-state index in [-0.39, 0.29) is 16.8 Å². The number of H-pyrrole nitrogens is 1. The molecular formula is C8H7N5O3. The molecule has 0 amide bonds. The summed E-state index contributed by atoms with van der Waals surface area (Å²) in [7, 11) is 0. The molecule has 0 spiro atoms. The summed E-state index contributed by atoms with van der Waals surface area (Å²) in [4.78, 5) is 24.7. The molecule has 8 nitrogen and oxygen atoms in total. The Morgan fingerprint density at radius 1 is 1.56 bits per heavy atom. The first-order chi connectivity index (χ1) is 7.68. The average Bonchev–Trinajstić information content (AvgIpc) is 2.66. The maximum atomic E-state index is 11.5. The fraction of sp³-hybridized carbons (Fsp3) is 0.125. The molecule has 0 unspecified atom stereocenters. The molecule has 0 radical (unpaired) electrons. The minimum absolute atomic E-state index is 0.129. The zero-order valence-corrected chi connectivity index (χ0v) is 7.99. The summed E-state index contributed by atoms with van der Waals surface area (Å²) in [5, 5.41) is 19.1. The molecule has 0 aliphatic heterocycles. The van der Waals surface area contributed by atoms with E-state index >= 15 is 0 Å². The molecule has 0 aliphatic rings. The minimum atomic E-state index is -1.08. The second-order valence-corrected chi connectivity index (χ2v) is 2.98. The van der Waals surface area contributed by atoms with Crippen LogP contribution in [0.3, 0.4) is 0 Å². The lowest BCUT2D eigenvalue weighted by atomic mass is 10.2. The Balaban J connectivity index is 2.49. The van der Waals surface area contributed by atoms with E-state index < -0.39 is 12.5 Å². The van der Waals surface area contributed by atoms with Crippen molar-refractivity contribution in [1.82, 2.24) is 25.2 Å². The van der Waals surface area contributed by atoms with Gasteiger partial charge in [-0.15, -0.1) is 5.10 Å². The number of aromatic nitrogens is 5. The van der Waals surface area contributed by atoms with Crippen LogP contribution in [-0.4, -0.2) is 36.3 Å². The predicted molar refractivity (Wildman–Crippen MR) is 51.5 cm³/mol. The fourth-order valence-corrected chi connectivity index (χ4v) is 1.22. The third-order valence-corrected chi connectivity index (χ3v) is 1.88. The van der Waals surface area contributed by atoms with Gasteiger partial charge in [-0.05, 0) is 10.4 Å². The maximum Gasteiger partial charge on any atom is 0.325 e. The number of aliphatic carboxylic acids is 1. The number of hydrogen-bond acceptors (Lipinski definition) is 5. The van der Waals surface area contributed by atoms with Gasteiger partial charge < -0.3 is 10.1 Å². The average molecular weight is 221 g/mol. The van der Waals surface area contributed by atoms with Gasteiger partial charge in [-0.1, -0.05) is 0 Å². The Morgan fingerprint density at radius 3 is 3.06 bits per heavy atom. The van der Waals surface area contributed by atoms with Crippen molar-refractivity contribution in [2.24, 2.45) is 0 Å². The summed E-state index contributed by atoms with van der Waals surface area (Å²) >= 11 is 0. The smallest absolute Gasteiger partial charge is 0.325 e. The summed E-state index contributed by atoms with van der Waals surface area (Å²) in [5.74, 6) is -0.954. The molecule has 0 fully saturated rings. The first kappa shape index (κ1) is 10.0. The summed E-state index contributed by atoms with van der Waals surface area (Å²) < 4.78 is 1.05. The molecule has 2 heterocycles. The molecular weight excluding hydrogens is 214 g/mol. The molecule has 2 rings (SSSR count). The second-order valence-electron chi connectivity index (χ2n) is 2.98. The van der Waals surface area contributed by atoms with E-state index in [1.54, 1.807) is 0 Å². The molecule has 0 saturated carbocycles. The van der Waals surface area contributed by atoms with Crippen LogP contribution in [0.4, 0.5) is 0 Å². The summed E-state index contributed by atoms with van der Waals surface area (Å²) in [5.41, 5.74) is -0.0473. The van der Waals surface area contributed by atoms with Crippen LogP contribution in [0.2, 0.25) is 0 Å². The molecule has 2 N–H and O–H groups in total. The van der Waals surface area contributed by atoms with Gasteiger partial charge in [0.2, 0.25) is 0 Å². The van der Waals surface area contributed by atoms with Crippen molar-refractivity contribution in [3.8, 4) is 11.4 Å². The lowest BCUT2D eigenvalue weighted by Crippen LogP contribution is -2.14. The number of aromatic amines is 1. The highest BCUT2D eigenvalue weighted by Gasteiger charge is 2.13. The lowest BCUT2D eigenvalue weighted by Gasteiger charge is -1.99. The van der Waals surface area contributed by atoms with Crippen molar-refractivity contribution in [1.29, 1.82) is 0 Å². The third kappa shape index (κ3) is 1.80. The maximum absolute atomic E-state index is 11.5. The predicted octanol–water partition coefficient (Wildman–Crippen LogP) is -0.887. The van der Waals surface area contributed by atoms with Crippen LogP contribution in [0.1, 0.15) is 0 Å². The van der Waals surface area contributed by atoms with Crippen molar-refractivity contribution in [3.05, 3.63) is 28.7 Å². The van der Waals surface area contributed by atoms with Gasteiger partial charge in [0.25, 0.3) is 0 Å². The van der Waals surface area contributed by atoms with Crippen molar-refractivity contribution in [2.45, 2.75) is 6.54 Å². The standard InChI is InChI=1S/C8H7N5O3/c14-6-1-2-9-3-5(6)8-10-11-12-13(8)4-7(15)16/h1-3H,4H2,(H,9,14)(H,15,16). The number of nitrogens with one attached hydrogen (secondary N) is 1. The lowest BCUT2D eigenvalue weighted by molar-refractivity contribution is -0.137. The van der Waals surface area contributed by atoms with Gasteiger partial charge in [0, 0.05) is 18.5 Å². The van der Waals surface area contributed by atoms with Crippen LogP contribution in [0.25, 0.3) is 11.4 Å². The first-order valence-corrected chi connectivity index (χ1v) is 4.34. The van der Waals surface area contributed by atoms with Crippen LogP contribution in [-0.2, 0) is 11.3 Å². The van der Waals surface area contributed by atoms with Gasteiger partial charge in [-0.25, -0.2) is 4.68 Å². The molecule has 0 atom stereocenters. The second kappa shape index (κ2) is 3.93. The fourth-order valence-electron chi connectivity index (χ4n) is 1.22. The number of pyridine rings is 1. The normalized spacial score (nSPS) is 10.2. The number of carboxylic acid groups (broad SMARTS) is 1. The molecule has 0 bridgehead atoms. The van der Waals surface area contributed by atoms with E-state index in [2.05, 4.69) is 20.5 Å². The SMILES string of the molecule is O=C(O)Cn1nnnc1-c1c[nH]ccc1=O. The molecule has 0 aromatic carbocycles. The highest BCUT2D eigenvalue weighted by molar-refractivity contribution is 5.67. The Labute approximate surface area is 88.5 Å². The first-order valence-electron chi connectivity index (χ1n) is 4.34. The minimum Gasteiger partial charge on any atom is -0.480 e. The van der Waals surface area contributed by atoms with Crippen LogP contribution in [0.5, 0.6) is 0 Å². The number of tetrazole rings is 1. The van der Waals surface area contributed by atoms with E-state index in [4.69, 9.17) is 5.11 Å². The number of carboxylic acids is 1. The highest BCUT2D eigenvalue weighted by Crippen LogP contribution is 2.08. The Bertz CT molecular complexity index is 573. The molecule has 0 saturated heterocycles. The van der Waals surface area contributed by atoms with E-state index in [9.17, 15) is 9.59 Å². The van der Waals surface area contributed by atoms with Gasteiger partial charge in [-0.3, -0.25) is 9.59 Å². The zero-order valence-electron chi connectivity index (χ0n) is 7.99. The van der Waals surface area contributed by atoms with Crippen LogP contribution in [0, 0.1) is 0 Å². The van der Waals surface area contributed by atoms with Crippen molar-refractivity contribution in [2.75, 3.05) is 0 Å². The summed E-state index contributed by atoms with van der Waals surface area (Å²) in [6.07, 6.45) is 2.89. The van der Waals surface area contributed by atoms with Crippen molar-refractivity contribution >= 4 is 5.97 Å². The third-order valence-electron chi connectivity index (χ3n) is 1.88. The quantitative estimate of drug-likeness (QED) is 0.695. The molecule has 82 valence electrons. The largest absolute Gasteiger partial charge is 0.480 e. The van der Waals surface area contributed by atoms with Gasteiger partial charge >= 0.3 is 5.97 Å². The van der Waals surface area contributed by atoms with Crippen LogP contribution in [0.15, 0.2) is 23.3 Å². The van der Waals surface area contributed by atoms with Gasteiger partial charge in [-0.2, -0.15) is 0 Å². The number of hydrogen-bond donors (Lipinski definition) is 2.